The van der Waals surface area contributed by atoms with Crippen LogP contribution in [0.4, 0.5) is 27.5 Å². The third kappa shape index (κ3) is 5.15. The van der Waals surface area contributed by atoms with Gasteiger partial charge in [0.2, 0.25) is 11.9 Å². The second-order valence-electron chi connectivity index (χ2n) is 13.0. The summed E-state index contributed by atoms with van der Waals surface area (Å²) in [7, 11) is 2.19. The average Bonchev–Trinajstić information content (AvgIpc) is 3.77. The Morgan fingerprint density at radius 3 is 2.49 bits per heavy atom. The Balaban J connectivity index is 1.07. The van der Waals surface area contributed by atoms with Crippen LogP contribution in [0.15, 0.2) is 24.4 Å². The van der Waals surface area contributed by atoms with E-state index in [4.69, 9.17) is 4.98 Å². The maximum atomic E-state index is 15.3. The standard InChI is InChI=1S/C31H40FN7O2/c1-38-22-8-5-9-23(38)16-20(15-22)34-28(40)19-10-11-25(24(32)14-19)36-30-33-17-26-27(37-30)39(21-6-3-2-4-7-21)18-31(12-13-31)29(41)35-26/h10-11,14,17,20-23H,2-9,12-13,15-16,18H2,1H3,(H,34,40)(H,35,41)(H,33,36,37). The SMILES string of the molecule is CN1C2CCCC1CC(NC(=O)c1ccc(Nc3ncc4c(n3)N(C3CCCCC3)CC3(CC3)C(=O)N4)c(F)c1)C2. The summed E-state index contributed by atoms with van der Waals surface area (Å²) in [4.78, 5) is 40.0. The lowest BCUT2D eigenvalue weighted by atomic mass is 9.82. The molecular weight excluding hydrogens is 521 g/mol. The molecule has 3 aliphatic heterocycles. The first-order chi connectivity index (χ1) is 19.9. The Morgan fingerprint density at radius 1 is 1.05 bits per heavy atom. The van der Waals surface area contributed by atoms with Crippen molar-refractivity contribution in [3.05, 3.63) is 35.8 Å². The number of piperidine rings is 2. The normalized spacial score (nSPS) is 27.5. The molecule has 2 saturated heterocycles. The Hall–Kier alpha value is -3.27. The number of nitrogens with one attached hydrogen (secondary N) is 3. The maximum Gasteiger partial charge on any atom is 0.251 e. The molecule has 3 N–H and O–H groups in total. The monoisotopic (exact) mass is 561 g/mol. The first-order valence-corrected chi connectivity index (χ1v) is 15.4. The predicted octanol–water partition coefficient (Wildman–Crippen LogP) is 4.98. The molecule has 0 radical (unpaired) electrons. The highest BCUT2D eigenvalue weighted by Gasteiger charge is 2.53. The van der Waals surface area contributed by atoms with Gasteiger partial charge in [-0.3, -0.25) is 9.59 Å². The lowest BCUT2D eigenvalue weighted by molar-refractivity contribution is -0.120. The van der Waals surface area contributed by atoms with E-state index >= 15 is 4.39 Å². The summed E-state index contributed by atoms with van der Waals surface area (Å²) in [6.45, 7) is 0.657. The third-order valence-corrected chi connectivity index (χ3v) is 10.3. The zero-order valence-electron chi connectivity index (χ0n) is 23.8. The Bertz CT molecular complexity index is 1330. The minimum Gasteiger partial charge on any atom is -0.351 e. The molecule has 1 aromatic carbocycles. The molecule has 5 aliphatic rings. The molecule has 1 aromatic heterocycles. The summed E-state index contributed by atoms with van der Waals surface area (Å²) < 4.78 is 15.3. The molecule has 9 nitrogen and oxygen atoms in total. The van der Waals surface area contributed by atoms with Gasteiger partial charge in [-0.1, -0.05) is 25.7 Å². The summed E-state index contributed by atoms with van der Waals surface area (Å²) in [5.74, 6) is 0.234. The fourth-order valence-corrected chi connectivity index (χ4v) is 7.58. The van der Waals surface area contributed by atoms with Crippen LogP contribution in [0.25, 0.3) is 0 Å². The van der Waals surface area contributed by atoms with Crippen molar-refractivity contribution >= 4 is 35.0 Å². The number of halogens is 1. The number of carbonyl (C=O) groups excluding carboxylic acids is 2. The number of aromatic nitrogens is 2. The first-order valence-electron chi connectivity index (χ1n) is 15.4. The number of amides is 2. The molecule has 2 aromatic rings. The van der Waals surface area contributed by atoms with Gasteiger partial charge >= 0.3 is 0 Å². The third-order valence-electron chi connectivity index (χ3n) is 10.3. The molecule has 2 aliphatic carbocycles. The van der Waals surface area contributed by atoms with Crippen LogP contribution in [0.1, 0.15) is 87.4 Å². The van der Waals surface area contributed by atoms with Crippen molar-refractivity contribution in [2.75, 3.05) is 29.1 Å². The number of benzene rings is 1. The first kappa shape index (κ1) is 26.6. The fraction of sp³-hybridized carbons (Fsp3) is 0.613. The van der Waals surface area contributed by atoms with Crippen LogP contribution in [0.5, 0.6) is 0 Å². The summed E-state index contributed by atoms with van der Waals surface area (Å²) in [5, 5.41) is 9.23. The van der Waals surface area contributed by atoms with Crippen LogP contribution in [0, 0.1) is 11.2 Å². The van der Waals surface area contributed by atoms with E-state index < -0.39 is 5.82 Å². The van der Waals surface area contributed by atoms with Gasteiger partial charge in [-0.05, 0) is 76.6 Å². The van der Waals surface area contributed by atoms with Crippen molar-refractivity contribution in [3.8, 4) is 0 Å². The molecule has 4 heterocycles. The molecule has 2 atom stereocenters. The minimum absolute atomic E-state index is 0.0460. The van der Waals surface area contributed by atoms with E-state index in [9.17, 15) is 9.59 Å². The molecule has 7 rings (SSSR count). The fourth-order valence-electron chi connectivity index (χ4n) is 7.58. The maximum absolute atomic E-state index is 15.3. The van der Waals surface area contributed by atoms with Gasteiger partial charge in [0.05, 0.1) is 17.3 Å². The van der Waals surface area contributed by atoms with E-state index in [2.05, 4.69) is 37.8 Å². The van der Waals surface area contributed by atoms with Gasteiger partial charge in [0.25, 0.3) is 5.91 Å². The van der Waals surface area contributed by atoms with E-state index in [1.807, 2.05) is 0 Å². The lowest BCUT2D eigenvalue weighted by Gasteiger charge is -2.47. The topological polar surface area (TPSA) is 102 Å². The quantitative estimate of drug-likeness (QED) is 0.473. The van der Waals surface area contributed by atoms with Crippen molar-refractivity contribution in [2.24, 2.45) is 5.41 Å². The molecule has 41 heavy (non-hydrogen) atoms. The molecular formula is C31H40FN7O2. The number of rotatable bonds is 5. The van der Waals surface area contributed by atoms with Crippen LogP contribution >= 0.6 is 0 Å². The van der Waals surface area contributed by atoms with Crippen LogP contribution in [0.2, 0.25) is 0 Å². The zero-order valence-corrected chi connectivity index (χ0v) is 23.8. The Morgan fingerprint density at radius 2 is 1.78 bits per heavy atom. The number of hydrogen-bond acceptors (Lipinski definition) is 7. The predicted molar refractivity (Wildman–Crippen MR) is 156 cm³/mol. The van der Waals surface area contributed by atoms with Crippen molar-refractivity contribution in [2.45, 2.75) is 101 Å². The van der Waals surface area contributed by atoms with Gasteiger partial charge in [0, 0.05) is 36.3 Å². The van der Waals surface area contributed by atoms with Crippen molar-refractivity contribution in [1.82, 2.24) is 20.2 Å². The van der Waals surface area contributed by atoms with Crippen LogP contribution in [0.3, 0.4) is 0 Å². The van der Waals surface area contributed by atoms with E-state index in [1.165, 1.54) is 44.6 Å². The van der Waals surface area contributed by atoms with E-state index in [0.29, 0.717) is 41.7 Å². The van der Waals surface area contributed by atoms with E-state index in [-0.39, 0.29) is 34.9 Å². The molecule has 4 fully saturated rings. The summed E-state index contributed by atoms with van der Waals surface area (Å²) >= 11 is 0. The van der Waals surface area contributed by atoms with Crippen LogP contribution in [-0.4, -0.2) is 64.4 Å². The molecule has 2 amide bonds. The van der Waals surface area contributed by atoms with Crippen molar-refractivity contribution in [1.29, 1.82) is 0 Å². The van der Waals surface area contributed by atoms with Gasteiger partial charge < -0.3 is 25.8 Å². The molecule has 218 valence electrons. The summed E-state index contributed by atoms with van der Waals surface area (Å²) in [5.41, 5.74) is 0.776. The highest BCUT2D eigenvalue weighted by Crippen LogP contribution is 2.51. The minimum atomic E-state index is -0.536. The van der Waals surface area contributed by atoms with Crippen molar-refractivity contribution < 1.29 is 14.0 Å². The highest BCUT2D eigenvalue weighted by molar-refractivity contribution is 6.01. The van der Waals surface area contributed by atoms with Crippen LogP contribution in [-0.2, 0) is 4.79 Å². The second-order valence-corrected chi connectivity index (χ2v) is 13.0. The van der Waals surface area contributed by atoms with E-state index in [1.54, 1.807) is 18.3 Å². The average molecular weight is 562 g/mol. The van der Waals surface area contributed by atoms with Crippen LogP contribution < -0.4 is 20.9 Å². The number of carbonyl (C=O) groups is 2. The molecule has 2 saturated carbocycles. The number of anilines is 4. The number of fused-ring (bicyclic) bond motifs is 3. The lowest BCUT2D eigenvalue weighted by Crippen LogP contribution is -2.55. The van der Waals surface area contributed by atoms with Gasteiger partial charge in [-0.25, -0.2) is 9.37 Å². The number of hydrogen-bond donors (Lipinski definition) is 3. The Labute approximate surface area is 240 Å². The summed E-state index contributed by atoms with van der Waals surface area (Å²) in [6, 6.07) is 5.96. The molecule has 2 bridgehead atoms. The van der Waals surface area contributed by atoms with Gasteiger partial charge in [0.15, 0.2) is 5.82 Å². The summed E-state index contributed by atoms with van der Waals surface area (Å²) in [6.07, 6.45) is 14.6. The van der Waals surface area contributed by atoms with Crippen molar-refractivity contribution in [3.63, 3.8) is 0 Å². The highest BCUT2D eigenvalue weighted by atomic mass is 19.1. The molecule has 10 heteroatoms. The Kier molecular flexibility index (Phi) is 6.84. The number of nitrogens with zero attached hydrogens (tertiary/aromatic N) is 4. The van der Waals surface area contributed by atoms with Gasteiger partial charge in [-0.2, -0.15) is 4.98 Å². The molecule has 2 unspecified atom stereocenters. The largest absolute Gasteiger partial charge is 0.351 e. The second kappa shape index (κ2) is 10.5. The van der Waals surface area contributed by atoms with E-state index in [0.717, 1.165) is 38.5 Å². The molecule has 1 spiro atoms. The zero-order chi connectivity index (χ0) is 28.1. The van der Waals surface area contributed by atoms with Gasteiger partial charge in [0.1, 0.15) is 11.5 Å². The smallest absolute Gasteiger partial charge is 0.251 e. The van der Waals surface area contributed by atoms with Gasteiger partial charge in [-0.15, -0.1) is 0 Å².